The third-order valence-electron chi connectivity index (χ3n) is 5.14. The Hall–Kier alpha value is -1.48. The van der Waals surface area contributed by atoms with Gasteiger partial charge in [0.1, 0.15) is 5.82 Å². The van der Waals surface area contributed by atoms with Crippen LogP contribution in [0.3, 0.4) is 0 Å². The molecular formula is C18H23FN2O2. The van der Waals surface area contributed by atoms with Crippen molar-refractivity contribution in [3.05, 3.63) is 35.1 Å². The molecule has 1 aromatic carbocycles. The number of hydrogen-bond acceptors (Lipinski definition) is 4. The van der Waals surface area contributed by atoms with Gasteiger partial charge in [-0.2, -0.15) is 5.26 Å². The van der Waals surface area contributed by atoms with Crippen molar-refractivity contribution in [1.82, 2.24) is 4.90 Å². The lowest BCUT2D eigenvalue weighted by molar-refractivity contribution is -0.0611. The van der Waals surface area contributed by atoms with Crippen LogP contribution in [0.2, 0.25) is 0 Å². The molecule has 0 N–H and O–H groups in total. The molecule has 5 heteroatoms. The minimum atomic E-state index is -0.302. The van der Waals surface area contributed by atoms with Crippen molar-refractivity contribution in [2.75, 3.05) is 26.9 Å². The molecule has 3 unspecified atom stereocenters. The number of halogens is 1. The van der Waals surface area contributed by atoms with E-state index < -0.39 is 0 Å². The molecule has 2 aliphatic rings. The normalized spacial score (nSPS) is 28.7. The van der Waals surface area contributed by atoms with Crippen LogP contribution >= 0.6 is 0 Å². The molecule has 1 saturated heterocycles. The molecule has 1 saturated carbocycles. The lowest BCUT2D eigenvalue weighted by Gasteiger charge is -2.40. The van der Waals surface area contributed by atoms with Gasteiger partial charge in [0.15, 0.2) is 0 Å². The molecule has 0 aromatic heterocycles. The summed E-state index contributed by atoms with van der Waals surface area (Å²) < 4.78 is 25.5. The van der Waals surface area contributed by atoms with E-state index in [1.165, 1.54) is 12.5 Å². The second kappa shape index (κ2) is 7.39. The number of nitrogens with zero attached hydrogens (tertiary/aromatic N) is 2. The Morgan fingerprint density at radius 1 is 1.43 bits per heavy atom. The highest BCUT2D eigenvalue weighted by atomic mass is 19.1. The fourth-order valence-electron chi connectivity index (χ4n) is 3.90. The lowest BCUT2D eigenvalue weighted by Crippen LogP contribution is -2.51. The van der Waals surface area contributed by atoms with Crippen molar-refractivity contribution < 1.29 is 13.9 Å². The summed E-state index contributed by atoms with van der Waals surface area (Å²) in [5.41, 5.74) is 1.00. The molecule has 3 rings (SSSR count). The first-order valence-corrected chi connectivity index (χ1v) is 8.26. The van der Waals surface area contributed by atoms with Crippen LogP contribution in [0.4, 0.5) is 4.39 Å². The summed E-state index contributed by atoms with van der Waals surface area (Å²) >= 11 is 0. The summed E-state index contributed by atoms with van der Waals surface area (Å²) in [5.74, 6) is 0.144. The molecule has 0 spiro atoms. The summed E-state index contributed by atoms with van der Waals surface area (Å²) in [5, 5.41) is 8.86. The van der Waals surface area contributed by atoms with Crippen LogP contribution in [0, 0.1) is 23.1 Å². The van der Waals surface area contributed by atoms with Gasteiger partial charge in [-0.15, -0.1) is 0 Å². The number of nitriles is 1. The Morgan fingerprint density at radius 3 is 3.04 bits per heavy atom. The molecule has 4 nitrogen and oxygen atoms in total. The van der Waals surface area contributed by atoms with E-state index in [0.717, 1.165) is 19.4 Å². The zero-order valence-electron chi connectivity index (χ0n) is 13.5. The first-order valence-electron chi connectivity index (χ1n) is 8.26. The van der Waals surface area contributed by atoms with Crippen LogP contribution in [0.15, 0.2) is 18.2 Å². The highest BCUT2D eigenvalue weighted by Gasteiger charge is 2.38. The Balaban J connectivity index is 1.75. The topological polar surface area (TPSA) is 45.5 Å². The highest BCUT2D eigenvalue weighted by molar-refractivity contribution is 5.32. The van der Waals surface area contributed by atoms with Gasteiger partial charge in [-0.25, -0.2) is 4.39 Å². The molecular weight excluding hydrogens is 295 g/mol. The minimum Gasteiger partial charge on any atom is -0.381 e. The lowest BCUT2D eigenvalue weighted by atomic mass is 9.93. The molecule has 2 fully saturated rings. The van der Waals surface area contributed by atoms with Gasteiger partial charge in [0.2, 0.25) is 0 Å². The van der Waals surface area contributed by atoms with Crippen molar-refractivity contribution >= 4 is 0 Å². The fourth-order valence-corrected chi connectivity index (χ4v) is 3.90. The zero-order valence-corrected chi connectivity index (χ0v) is 13.5. The second-order valence-corrected chi connectivity index (χ2v) is 6.40. The first kappa shape index (κ1) is 16.4. The van der Waals surface area contributed by atoms with Gasteiger partial charge in [0.25, 0.3) is 0 Å². The number of methoxy groups -OCH3 is 1. The van der Waals surface area contributed by atoms with Crippen LogP contribution in [0.5, 0.6) is 0 Å². The van der Waals surface area contributed by atoms with Crippen molar-refractivity contribution in [3.8, 4) is 6.07 Å². The van der Waals surface area contributed by atoms with Crippen LogP contribution in [-0.4, -0.2) is 43.9 Å². The van der Waals surface area contributed by atoms with E-state index in [9.17, 15) is 4.39 Å². The monoisotopic (exact) mass is 318 g/mol. The Kier molecular flexibility index (Phi) is 5.27. The van der Waals surface area contributed by atoms with E-state index in [0.29, 0.717) is 36.8 Å². The molecule has 124 valence electrons. The average Bonchev–Trinajstić information content (AvgIpc) is 3.05. The number of hydrogen-bond donors (Lipinski definition) is 0. The molecule has 3 atom stereocenters. The quantitative estimate of drug-likeness (QED) is 0.856. The summed E-state index contributed by atoms with van der Waals surface area (Å²) in [6, 6.07) is 6.97. The molecule has 0 bridgehead atoms. The Bertz CT molecular complexity index is 587. The Morgan fingerprint density at radius 2 is 2.30 bits per heavy atom. The molecule has 0 radical (unpaired) electrons. The fraction of sp³-hybridized carbons (Fsp3) is 0.611. The molecule has 23 heavy (non-hydrogen) atoms. The maximum atomic E-state index is 14.2. The SMILES string of the molecule is COC1CCCC1C1COCCN1Cc1ccc(C#N)cc1F. The van der Waals surface area contributed by atoms with E-state index in [4.69, 9.17) is 14.7 Å². The molecule has 1 aliphatic heterocycles. The highest BCUT2D eigenvalue weighted by Crippen LogP contribution is 2.34. The van der Waals surface area contributed by atoms with Crippen LogP contribution in [0.1, 0.15) is 30.4 Å². The summed E-state index contributed by atoms with van der Waals surface area (Å²) in [6.45, 7) is 2.72. The smallest absolute Gasteiger partial charge is 0.129 e. The first-order chi connectivity index (χ1) is 11.2. The minimum absolute atomic E-state index is 0.270. The van der Waals surface area contributed by atoms with E-state index >= 15 is 0 Å². The molecule has 0 amide bonds. The van der Waals surface area contributed by atoms with Gasteiger partial charge in [0, 0.05) is 37.7 Å². The van der Waals surface area contributed by atoms with E-state index in [1.807, 2.05) is 6.07 Å². The van der Waals surface area contributed by atoms with Crippen molar-refractivity contribution in [1.29, 1.82) is 5.26 Å². The van der Waals surface area contributed by atoms with Crippen molar-refractivity contribution in [2.24, 2.45) is 5.92 Å². The summed E-state index contributed by atoms with van der Waals surface area (Å²) in [6.07, 6.45) is 3.68. The van der Waals surface area contributed by atoms with Crippen molar-refractivity contribution in [3.63, 3.8) is 0 Å². The van der Waals surface area contributed by atoms with E-state index in [2.05, 4.69) is 4.90 Å². The van der Waals surface area contributed by atoms with Crippen LogP contribution in [0.25, 0.3) is 0 Å². The van der Waals surface area contributed by atoms with E-state index in [-0.39, 0.29) is 18.0 Å². The van der Waals surface area contributed by atoms with Crippen LogP contribution < -0.4 is 0 Å². The zero-order chi connectivity index (χ0) is 16.2. The second-order valence-electron chi connectivity index (χ2n) is 6.40. The van der Waals surface area contributed by atoms with Crippen LogP contribution in [-0.2, 0) is 16.0 Å². The van der Waals surface area contributed by atoms with Gasteiger partial charge >= 0.3 is 0 Å². The summed E-state index contributed by atoms with van der Waals surface area (Å²) in [4.78, 5) is 2.32. The number of morpholine rings is 1. The number of ether oxygens (including phenoxy) is 2. The third kappa shape index (κ3) is 3.55. The summed E-state index contributed by atoms with van der Waals surface area (Å²) in [7, 11) is 1.78. The molecule has 1 heterocycles. The molecule has 1 aliphatic carbocycles. The van der Waals surface area contributed by atoms with Crippen molar-refractivity contribution in [2.45, 2.75) is 38.0 Å². The maximum Gasteiger partial charge on any atom is 0.129 e. The maximum absolute atomic E-state index is 14.2. The van der Waals surface area contributed by atoms with Gasteiger partial charge in [0.05, 0.1) is 31.0 Å². The number of rotatable bonds is 4. The van der Waals surface area contributed by atoms with Gasteiger partial charge in [-0.3, -0.25) is 4.90 Å². The predicted octanol–water partition coefficient (Wildman–Crippen LogP) is 2.71. The van der Waals surface area contributed by atoms with Gasteiger partial charge in [-0.05, 0) is 25.0 Å². The van der Waals surface area contributed by atoms with Gasteiger partial charge in [-0.1, -0.05) is 12.5 Å². The predicted molar refractivity (Wildman–Crippen MR) is 84.3 cm³/mol. The largest absolute Gasteiger partial charge is 0.381 e. The Labute approximate surface area is 136 Å². The third-order valence-corrected chi connectivity index (χ3v) is 5.14. The van der Waals surface area contributed by atoms with E-state index in [1.54, 1.807) is 19.2 Å². The number of benzene rings is 1. The standard InChI is InChI=1S/C18H23FN2O2/c1-22-18-4-2-3-15(18)17-12-23-8-7-21(17)11-14-6-5-13(10-20)9-16(14)19/h5-6,9,15,17-18H,2-4,7-8,11-12H2,1H3. The van der Waals surface area contributed by atoms with Gasteiger partial charge < -0.3 is 9.47 Å². The molecule has 1 aromatic rings. The average molecular weight is 318 g/mol.